The van der Waals surface area contributed by atoms with Crippen LogP contribution in [0.3, 0.4) is 0 Å². The molecule has 2 aromatic carbocycles. The zero-order chi connectivity index (χ0) is 22.8. The molecule has 7 nitrogen and oxygen atoms in total. The molecule has 1 aliphatic heterocycles. The summed E-state index contributed by atoms with van der Waals surface area (Å²) in [7, 11) is 0. The van der Waals surface area contributed by atoms with Crippen molar-refractivity contribution in [2.24, 2.45) is 0 Å². The number of hydrogen-bond acceptors (Lipinski definition) is 7. The molecule has 0 amide bonds. The lowest BCUT2D eigenvalue weighted by molar-refractivity contribution is -0.147. The van der Waals surface area contributed by atoms with Gasteiger partial charge in [-0.05, 0) is 37.4 Å². The number of carbonyl (C=O) groups excluding carboxylic acids is 2. The molecular formula is C25H32N2O5. The van der Waals surface area contributed by atoms with Crippen molar-refractivity contribution in [1.29, 1.82) is 0 Å². The first-order chi connectivity index (χ1) is 15.4. The summed E-state index contributed by atoms with van der Waals surface area (Å²) in [6, 6.07) is 18.6. The molecule has 3 rings (SSSR count). The second-order valence-corrected chi connectivity index (χ2v) is 8.42. The van der Waals surface area contributed by atoms with Crippen molar-refractivity contribution in [3.8, 4) is 0 Å². The normalized spacial score (nSPS) is 21.5. The summed E-state index contributed by atoms with van der Waals surface area (Å²) in [4.78, 5) is 26.5. The first kappa shape index (κ1) is 23.9. The molecule has 0 aliphatic carbocycles. The Hall–Kier alpha value is -2.74. The van der Waals surface area contributed by atoms with Crippen LogP contribution in [-0.2, 0) is 32.3 Å². The van der Waals surface area contributed by atoms with Crippen LogP contribution in [0.15, 0.2) is 60.7 Å². The van der Waals surface area contributed by atoms with E-state index in [1.165, 1.54) is 0 Å². The molecule has 1 heterocycles. The lowest BCUT2D eigenvalue weighted by Gasteiger charge is -2.33. The summed E-state index contributed by atoms with van der Waals surface area (Å²) in [5, 5.41) is 14.0. The number of carbonyl (C=O) groups is 2. The minimum absolute atomic E-state index is 0.0139. The summed E-state index contributed by atoms with van der Waals surface area (Å²) in [5.74, 6) is -0.695. The van der Waals surface area contributed by atoms with Crippen LogP contribution in [0, 0.1) is 0 Å². The number of ether oxygens (including phenoxy) is 2. The zero-order valence-electron chi connectivity index (χ0n) is 18.5. The molecule has 0 bridgehead atoms. The molecule has 0 saturated carbocycles. The SMILES string of the molecule is C[C@@]1(O)CCCN(CC(=O)OCc2ccccc2)C[C@H]1NCC(=O)OCc1ccccc1. The summed E-state index contributed by atoms with van der Waals surface area (Å²) in [5.41, 5.74) is 0.860. The van der Waals surface area contributed by atoms with Gasteiger partial charge in [-0.25, -0.2) is 0 Å². The van der Waals surface area contributed by atoms with Gasteiger partial charge < -0.3 is 19.9 Å². The van der Waals surface area contributed by atoms with E-state index in [2.05, 4.69) is 5.32 Å². The van der Waals surface area contributed by atoms with Crippen LogP contribution in [-0.4, -0.2) is 59.8 Å². The highest BCUT2D eigenvalue weighted by atomic mass is 16.5. The monoisotopic (exact) mass is 440 g/mol. The maximum atomic E-state index is 12.3. The molecule has 0 unspecified atom stereocenters. The highest BCUT2D eigenvalue weighted by Gasteiger charge is 2.36. The van der Waals surface area contributed by atoms with E-state index in [9.17, 15) is 14.7 Å². The minimum atomic E-state index is -0.998. The van der Waals surface area contributed by atoms with Crippen molar-refractivity contribution >= 4 is 11.9 Å². The van der Waals surface area contributed by atoms with Gasteiger partial charge in [-0.1, -0.05) is 60.7 Å². The Kier molecular flexibility index (Phi) is 8.79. The Bertz CT molecular complexity index is 857. The Morgan fingerprint density at radius 2 is 1.56 bits per heavy atom. The fraction of sp³-hybridized carbons (Fsp3) is 0.440. The average Bonchev–Trinajstić information content (AvgIpc) is 2.93. The number of aliphatic hydroxyl groups is 1. The quantitative estimate of drug-likeness (QED) is 0.579. The van der Waals surface area contributed by atoms with Crippen molar-refractivity contribution in [1.82, 2.24) is 10.2 Å². The average molecular weight is 441 g/mol. The van der Waals surface area contributed by atoms with Gasteiger partial charge in [-0.2, -0.15) is 0 Å². The molecular weight excluding hydrogens is 408 g/mol. The van der Waals surface area contributed by atoms with E-state index in [0.29, 0.717) is 19.5 Å². The van der Waals surface area contributed by atoms with E-state index in [1.54, 1.807) is 6.92 Å². The first-order valence-corrected chi connectivity index (χ1v) is 11.0. The third kappa shape index (κ3) is 7.75. The fourth-order valence-corrected chi connectivity index (χ4v) is 3.77. The Labute approximate surface area is 189 Å². The Morgan fingerprint density at radius 3 is 2.16 bits per heavy atom. The highest BCUT2D eigenvalue weighted by Crippen LogP contribution is 2.22. The van der Waals surface area contributed by atoms with Crippen LogP contribution < -0.4 is 5.32 Å². The minimum Gasteiger partial charge on any atom is -0.460 e. The molecule has 0 radical (unpaired) electrons. The van der Waals surface area contributed by atoms with Gasteiger partial charge >= 0.3 is 11.9 Å². The first-order valence-electron chi connectivity index (χ1n) is 11.0. The van der Waals surface area contributed by atoms with Crippen LogP contribution >= 0.6 is 0 Å². The molecule has 0 spiro atoms. The number of likely N-dealkylation sites (tertiary alicyclic amines) is 1. The molecule has 2 aromatic rings. The summed E-state index contributed by atoms with van der Waals surface area (Å²) >= 11 is 0. The number of rotatable bonds is 9. The lowest BCUT2D eigenvalue weighted by atomic mass is 9.92. The maximum Gasteiger partial charge on any atom is 0.320 e. The number of benzene rings is 2. The molecule has 1 saturated heterocycles. The third-order valence-electron chi connectivity index (χ3n) is 5.68. The predicted octanol–water partition coefficient (Wildman–Crippen LogP) is 2.28. The summed E-state index contributed by atoms with van der Waals surface area (Å²) in [6.07, 6.45) is 1.31. The summed E-state index contributed by atoms with van der Waals surface area (Å²) in [6.45, 7) is 3.44. The molecule has 172 valence electrons. The van der Waals surface area contributed by atoms with Crippen LogP contribution in [0.1, 0.15) is 30.9 Å². The zero-order valence-corrected chi connectivity index (χ0v) is 18.5. The van der Waals surface area contributed by atoms with Crippen molar-refractivity contribution in [2.75, 3.05) is 26.2 Å². The Morgan fingerprint density at radius 1 is 1.00 bits per heavy atom. The van der Waals surface area contributed by atoms with E-state index in [0.717, 1.165) is 17.5 Å². The van der Waals surface area contributed by atoms with Crippen LogP contribution in [0.4, 0.5) is 0 Å². The van der Waals surface area contributed by atoms with Crippen molar-refractivity contribution in [2.45, 2.75) is 44.6 Å². The molecule has 2 atom stereocenters. The van der Waals surface area contributed by atoms with Gasteiger partial charge in [-0.3, -0.25) is 14.5 Å². The van der Waals surface area contributed by atoms with E-state index < -0.39 is 5.60 Å². The number of nitrogens with one attached hydrogen (secondary N) is 1. The summed E-state index contributed by atoms with van der Waals surface area (Å²) < 4.78 is 10.7. The van der Waals surface area contributed by atoms with E-state index in [-0.39, 0.29) is 44.3 Å². The lowest BCUT2D eigenvalue weighted by Crippen LogP contribution is -2.54. The van der Waals surface area contributed by atoms with Gasteiger partial charge in [0.15, 0.2) is 0 Å². The van der Waals surface area contributed by atoms with Gasteiger partial charge in [0.25, 0.3) is 0 Å². The highest BCUT2D eigenvalue weighted by molar-refractivity contribution is 5.72. The van der Waals surface area contributed by atoms with Crippen molar-refractivity contribution in [3.05, 3.63) is 71.8 Å². The smallest absolute Gasteiger partial charge is 0.320 e. The fourth-order valence-electron chi connectivity index (χ4n) is 3.77. The van der Waals surface area contributed by atoms with Crippen LogP contribution in [0.5, 0.6) is 0 Å². The molecule has 32 heavy (non-hydrogen) atoms. The largest absolute Gasteiger partial charge is 0.460 e. The van der Waals surface area contributed by atoms with E-state index >= 15 is 0 Å². The second-order valence-electron chi connectivity index (χ2n) is 8.42. The standard InChI is InChI=1S/C25H32N2O5/c1-25(30)13-8-14-27(17-24(29)32-19-21-11-6-3-7-12-21)16-22(25)26-15-23(28)31-18-20-9-4-2-5-10-20/h2-7,9-12,22,26,30H,8,13-19H2,1H3/t22-,25-/m1/s1. The molecule has 0 aromatic heterocycles. The van der Waals surface area contributed by atoms with Crippen molar-refractivity contribution in [3.63, 3.8) is 0 Å². The van der Waals surface area contributed by atoms with Gasteiger partial charge in [0.05, 0.1) is 18.7 Å². The number of hydrogen-bond donors (Lipinski definition) is 2. The number of nitrogens with zero attached hydrogens (tertiary/aromatic N) is 1. The molecule has 7 heteroatoms. The van der Waals surface area contributed by atoms with E-state index in [1.807, 2.05) is 65.6 Å². The van der Waals surface area contributed by atoms with Gasteiger partial charge in [0, 0.05) is 12.6 Å². The Balaban J connectivity index is 1.46. The predicted molar refractivity (Wildman–Crippen MR) is 121 cm³/mol. The van der Waals surface area contributed by atoms with Crippen LogP contribution in [0.2, 0.25) is 0 Å². The van der Waals surface area contributed by atoms with Crippen molar-refractivity contribution < 1.29 is 24.2 Å². The molecule has 1 aliphatic rings. The molecule has 2 N–H and O–H groups in total. The second kappa shape index (κ2) is 11.8. The van der Waals surface area contributed by atoms with Gasteiger partial charge in [-0.15, -0.1) is 0 Å². The maximum absolute atomic E-state index is 12.3. The van der Waals surface area contributed by atoms with Gasteiger partial charge in [0.2, 0.25) is 0 Å². The third-order valence-corrected chi connectivity index (χ3v) is 5.68. The topological polar surface area (TPSA) is 88.1 Å². The number of esters is 2. The van der Waals surface area contributed by atoms with E-state index in [4.69, 9.17) is 9.47 Å². The van der Waals surface area contributed by atoms with Crippen LogP contribution in [0.25, 0.3) is 0 Å². The van der Waals surface area contributed by atoms with Gasteiger partial charge in [0.1, 0.15) is 13.2 Å². The molecule has 1 fully saturated rings.